The van der Waals surface area contributed by atoms with Crippen molar-refractivity contribution >= 4 is 23.6 Å². The van der Waals surface area contributed by atoms with Gasteiger partial charge in [0.15, 0.2) is 0 Å². The minimum absolute atomic E-state index is 0.0233. The molecule has 0 aromatic heterocycles. The smallest absolute Gasteiger partial charge is 0.225 e. The zero-order valence-electron chi connectivity index (χ0n) is 15.5. The van der Waals surface area contributed by atoms with Crippen molar-refractivity contribution in [2.24, 2.45) is 5.92 Å². The quantitative estimate of drug-likeness (QED) is 0.676. The second kappa shape index (κ2) is 10.2. The van der Waals surface area contributed by atoms with Gasteiger partial charge in [-0.05, 0) is 24.5 Å². The number of amides is 2. The van der Waals surface area contributed by atoms with E-state index in [1.54, 1.807) is 11.8 Å². The molecule has 0 aliphatic carbocycles. The molecule has 26 heavy (non-hydrogen) atoms. The molecule has 0 saturated carbocycles. The van der Waals surface area contributed by atoms with Gasteiger partial charge in [0, 0.05) is 37.1 Å². The van der Waals surface area contributed by atoms with Gasteiger partial charge in [0.1, 0.15) is 0 Å². The highest BCUT2D eigenvalue weighted by Gasteiger charge is 2.36. The van der Waals surface area contributed by atoms with E-state index in [4.69, 9.17) is 5.26 Å². The summed E-state index contributed by atoms with van der Waals surface area (Å²) < 4.78 is 0. The van der Waals surface area contributed by atoms with Gasteiger partial charge in [-0.2, -0.15) is 17.0 Å². The minimum Gasteiger partial charge on any atom is -0.355 e. The molecule has 1 aromatic rings. The SMILES string of the molecule is CCC(CC)N1CC(C(=O)NCCSCc2ccccc2C#N)CC1=O. The summed E-state index contributed by atoms with van der Waals surface area (Å²) in [4.78, 5) is 26.4. The molecule has 140 valence electrons. The highest BCUT2D eigenvalue weighted by molar-refractivity contribution is 7.98. The number of carbonyl (C=O) groups is 2. The van der Waals surface area contributed by atoms with Crippen LogP contribution < -0.4 is 5.32 Å². The first-order chi connectivity index (χ1) is 12.6. The van der Waals surface area contributed by atoms with Crippen molar-refractivity contribution < 1.29 is 9.59 Å². The van der Waals surface area contributed by atoms with Crippen LogP contribution in [0.3, 0.4) is 0 Å². The van der Waals surface area contributed by atoms with Gasteiger partial charge >= 0.3 is 0 Å². The van der Waals surface area contributed by atoms with Crippen molar-refractivity contribution in [3.63, 3.8) is 0 Å². The summed E-state index contributed by atoms with van der Waals surface area (Å²) in [5.74, 6) is 1.38. The Morgan fingerprint density at radius 1 is 1.38 bits per heavy atom. The summed E-state index contributed by atoms with van der Waals surface area (Å²) in [5.41, 5.74) is 1.73. The topological polar surface area (TPSA) is 73.2 Å². The van der Waals surface area contributed by atoms with Gasteiger partial charge < -0.3 is 10.2 Å². The summed E-state index contributed by atoms with van der Waals surface area (Å²) in [6.45, 7) is 5.28. The molecule has 2 rings (SSSR count). The van der Waals surface area contributed by atoms with Crippen molar-refractivity contribution in [2.75, 3.05) is 18.8 Å². The van der Waals surface area contributed by atoms with Gasteiger partial charge in [-0.15, -0.1) is 0 Å². The molecule has 0 spiro atoms. The van der Waals surface area contributed by atoms with E-state index < -0.39 is 0 Å². The summed E-state index contributed by atoms with van der Waals surface area (Å²) in [5, 5.41) is 12.0. The predicted octanol–water partition coefficient (Wildman–Crippen LogP) is 2.94. The third-order valence-corrected chi connectivity index (χ3v) is 5.86. The van der Waals surface area contributed by atoms with E-state index in [2.05, 4.69) is 25.2 Å². The van der Waals surface area contributed by atoms with Crippen molar-refractivity contribution in [1.82, 2.24) is 10.2 Å². The first-order valence-corrected chi connectivity index (χ1v) is 10.4. The fourth-order valence-electron chi connectivity index (χ4n) is 3.32. The van der Waals surface area contributed by atoms with E-state index in [9.17, 15) is 9.59 Å². The number of benzene rings is 1. The maximum absolute atomic E-state index is 12.3. The molecule has 1 N–H and O–H groups in total. The van der Waals surface area contributed by atoms with Gasteiger partial charge in [-0.25, -0.2) is 0 Å². The third-order valence-electron chi connectivity index (χ3n) is 4.85. The molecule has 0 bridgehead atoms. The van der Waals surface area contributed by atoms with Crippen LogP contribution in [-0.4, -0.2) is 41.6 Å². The Morgan fingerprint density at radius 3 is 2.81 bits per heavy atom. The highest BCUT2D eigenvalue weighted by atomic mass is 32.2. The lowest BCUT2D eigenvalue weighted by Crippen LogP contribution is -2.38. The number of thioether (sulfide) groups is 1. The van der Waals surface area contributed by atoms with E-state index in [-0.39, 0.29) is 23.8 Å². The first-order valence-electron chi connectivity index (χ1n) is 9.23. The number of hydrogen-bond donors (Lipinski definition) is 1. The van der Waals surface area contributed by atoms with Crippen LogP contribution in [0.1, 0.15) is 44.2 Å². The standard InChI is InChI=1S/C20H27N3O2S/c1-3-18(4-2)23-13-17(11-19(23)24)20(25)22-9-10-26-14-16-8-6-5-7-15(16)12-21/h5-8,17-18H,3-4,9-11,13-14H2,1-2H3,(H,22,25). The largest absolute Gasteiger partial charge is 0.355 e. The molecule has 1 aromatic carbocycles. The van der Waals surface area contributed by atoms with Crippen LogP contribution in [0, 0.1) is 17.2 Å². The second-order valence-electron chi connectivity index (χ2n) is 6.53. The Hall–Kier alpha value is -2.00. The molecule has 1 aliphatic heterocycles. The number of likely N-dealkylation sites (tertiary alicyclic amines) is 1. The summed E-state index contributed by atoms with van der Waals surface area (Å²) in [6, 6.07) is 10.0. The van der Waals surface area contributed by atoms with Gasteiger partial charge in [0.25, 0.3) is 0 Å². The van der Waals surface area contributed by atoms with Crippen LogP contribution >= 0.6 is 11.8 Å². The number of nitrogens with one attached hydrogen (secondary N) is 1. The molecule has 1 unspecified atom stereocenters. The number of nitrogens with zero attached hydrogens (tertiary/aromatic N) is 2. The maximum atomic E-state index is 12.3. The Kier molecular flexibility index (Phi) is 7.99. The Balaban J connectivity index is 1.71. The molecule has 0 radical (unpaired) electrons. The van der Waals surface area contributed by atoms with E-state index in [0.29, 0.717) is 25.1 Å². The molecule has 6 heteroatoms. The lowest BCUT2D eigenvalue weighted by atomic mass is 10.1. The van der Waals surface area contributed by atoms with Gasteiger partial charge in [0.05, 0.1) is 17.6 Å². The van der Waals surface area contributed by atoms with Crippen molar-refractivity contribution in [3.8, 4) is 6.07 Å². The van der Waals surface area contributed by atoms with Crippen molar-refractivity contribution in [2.45, 2.75) is 44.9 Å². The van der Waals surface area contributed by atoms with E-state index in [1.807, 2.05) is 29.2 Å². The maximum Gasteiger partial charge on any atom is 0.225 e. The van der Waals surface area contributed by atoms with Crippen LogP contribution in [0.4, 0.5) is 0 Å². The van der Waals surface area contributed by atoms with E-state index in [0.717, 1.165) is 29.9 Å². The predicted molar refractivity (Wildman–Crippen MR) is 105 cm³/mol. The number of carbonyl (C=O) groups excluding carboxylic acids is 2. The monoisotopic (exact) mass is 373 g/mol. The van der Waals surface area contributed by atoms with Crippen LogP contribution in [0.25, 0.3) is 0 Å². The summed E-state index contributed by atoms with van der Waals surface area (Å²) >= 11 is 1.69. The Labute approximate surface area is 160 Å². The normalized spacial score (nSPS) is 16.8. The molecular weight excluding hydrogens is 346 g/mol. The van der Waals surface area contributed by atoms with Gasteiger partial charge in [0.2, 0.25) is 11.8 Å². The average Bonchev–Trinajstić information content (AvgIpc) is 3.04. The molecular formula is C20H27N3O2S. The minimum atomic E-state index is -0.229. The fourth-order valence-corrected chi connectivity index (χ4v) is 4.18. The fraction of sp³-hybridized carbons (Fsp3) is 0.550. The number of nitriles is 1. The molecule has 5 nitrogen and oxygen atoms in total. The second-order valence-corrected chi connectivity index (χ2v) is 7.64. The zero-order valence-corrected chi connectivity index (χ0v) is 16.3. The van der Waals surface area contributed by atoms with Crippen LogP contribution in [0.2, 0.25) is 0 Å². The highest BCUT2D eigenvalue weighted by Crippen LogP contribution is 2.23. The van der Waals surface area contributed by atoms with Crippen molar-refractivity contribution in [1.29, 1.82) is 5.26 Å². The van der Waals surface area contributed by atoms with E-state index in [1.165, 1.54) is 0 Å². The van der Waals surface area contributed by atoms with Crippen LogP contribution in [0.15, 0.2) is 24.3 Å². The molecule has 1 saturated heterocycles. The lowest BCUT2D eigenvalue weighted by Gasteiger charge is -2.26. The molecule has 1 fully saturated rings. The van der Waals surface area contributed by atoms with Crippen LogP contribution in [0.5, 0.6) is 0 Å². The lowest BCUT2D eigenvalue weighted by molar-refractivity contribution is -0.130. The molecule has 1 aliphatic rings. The van der Waals surface area contributed by atoms with Crippen molar-refractivity contribution in [3.05, 3.63) is 35.4 Å². The first kappa shape index (κ1) is 20.3. The Morgan fingerprint density at radius 2 is 2.12 bits per heavy atom. The molecule has 2 amide bonds. The van der Waals surface area contributed by atoms with E-state index >= 15 is 0 Å². The van der Waals surface area contributed by atoms with Crippen LogP contribution in [-0.2, 0) is 15.3 Å². The van der Waals surface area contributed by atoms with Gasteiger partial charge in [-0.3, -0.25) is 9.59 Å². The average molecular weight is 374 g/mol. The Bertz CT molecular complexity index is 667. The molecule has 1 heterocycles. The zero-order chi connectivity index (χ0) is 18.9. The summed E-state index contributed by atoms with van der Waals surface area (Å²) in [7, 11) is 0. The number of rotatable bonds is 9. The molecule has 1 atom stereocenters. The third kappa shape index (κ3) is 5.25. The number of hydrogen-bond acceptors (Lipinski definition) is 4. The summed E-state index contributed by atoms with van der Waals surface area (Å²) in [6.07, 6.45) is 2.18. The van der Waals surface area contributed by atoms with Gasteiger partial charge in [-0.1, -0.05) is 32.0 Å².